The molecule has 2 rings (SSSR count). The number of rotatable bonds is 1. The Morgan fingerprint density at radius 1 is 1.15 bits per heavy atom. The number of nitrogens with zero attached hydrogens (tertiary/aromatic N) is 6. The molecule has 0 bridgehead atoms. The van der Waals surface area contributed by atoms with Crippen molar-refractivity contribution in [2.75, 3.05) is 11.5 Å². The molecule has 0 radical (unpaired) electrons. The first-order valence-corrected chi connectivity index (χ1v) is 4.16. The van der Waals surface area contributed by atoms with Gasteiger partial charge in [-0.1, -0.05) is 5.10 Å². The minimum atomic E-state index is -1.50. The molecule has 0 aliphatic heterocycles. The summed E-state index contributed by atoms with van der Waals surface area (Å²) in [5, 5.41) is 40.4. The van der Waals surface area contributed by atoms with E-state index in [4.69, 9.17) is 46.5 Å². The average molecular weight is 293 g/mol. The number of nitrogens with one attached hydrogen (secondary N) is 1. The summed E-state index contributed by atoms with van der Waals surface area (Å²) in [6, 6.07) is -0.0339. The second-order valence-electron chi connectivity index (χ2n) is 2.47. The Kier molecular flexibility index (Phi) is 6.17. The molecule has 16 nitrogen and oxygen atoms in total. The lowest BCUT2D eigenvalue weighted by molar-refractivity contribution is -0.742. The zero-order chi connectivity index (χ0) is 15.7. The Hall–Kier alpha value is -3.72. The number of H-pyrrole nitrogens is 1. The second-order valence-corrected chi connectivity index (χ2v) is 2.47. The predicted molar refractivity (Wildman–Crippen MR) is 56.1 cm³/mol. The zero-order valence-electron chi connectivity index (χ0n) is 9.27. The first-order valence-electron chi connectivity index (χ1n) is 4.16. The third-order valence-corrected chi connectivity index (χ3v) is 1.13. The Balaban J connectivity index is 0.000000380. The fourth-order valence-corrected chi connectivity index (χ4v) is 0.695. The molecular weight excluding hydrogens is 286 g/mol. The van der Waals surface area contributed by atoms with Crippen LogP contribution in [0.25, 0.3) is 11.7 Å². The fraction of sp³-hybridized carbons (Fsp3) is 0. The highest BCUT2D eigenvalue weighted by Crippen LogP contribution is 2.13. The summed E-state index contributed by atoms with van der Waals surface area (Å²) in [5.41, 5.74) is 10.5. The number of anilines is 2. The number of aromatic amines is 1. The topological polar surface area (TPSA) is 259 Å². The van der Waals surface area contributed by atoms with Gasteiger partial charge in [-0.25, -0.2) is 5.10 Å². The van der Waals surface area contributed by atoms with E-state index in [1.807, 2.05) is 0 Å². The van der Waals surface area contributed by atoms with Crippen molar-refractivity contribution in [3.8, 4) is 11.7 Å². The monoisotopic (exact) mass is 293 g/mol. The normalized spacial score (nSPS) is 8.60. The molecule has 0 saturated heterocycles. The highest BCUT2D eigenvalue weighted by atomic mass is 16.9. The van der Waals surface area contributed by atoms with Gasteiger partial charge in [0.2, 0.25) is 11.8 Å². The summed E-state index contributed by atoms with van der Waals surface area (Å²) < 4.78 is 4.84. The Morgan fingerprint density at radius 2 is 1.65 bits per heavy atom. The van der Waals surface area contributed by atoms with Gasteiger partial charge < -0.3 is 26.3 Å². The van der Waals surface area contributed by atoms with E-state index in [-0.39, 0.29) is 23.7 Å². The van der Waals surface area contributed by atoms with Crippen molar-refractivity contribution in [3.63, 3.8) is 0 Å². The summed E-state index contributed by atoms with van der Waals surface area (Å²) in [6.45, 7) is 0. The van der Waals surface area contributed by atoms with Crippen LogP contribution in [0, 0.1) is 20.2 Å². The molecule has 2 heterocycles. The van der Waals surface area contributed by atoms with Crippen molar-refractivity contribution in [1.29, 1.82) is 0 Å². The maximum atomic E-state index is 8.36. The number of hydrogen-bond acceptors (Lipinski definition) is 11. The van der Waals surface area contributed by atoms with E-state index in [0.29, 0.717) is 0 Å². The van der Waals surface area contributed by atoms with Crippen LogP contribution in [0.3, 0.4) is 0 Å². The summed E-state index contributed by atoms with van der Waals surface area (Å²) in [6.07, 6.45) is 0. The highest BCUT2D eigenvalue weighted by Gasteiger charge is 2.10. The van der Waals surface area contributed by atoms with Gasteiger partial charge in [0.05, 0.1) is 0 Å². The molecule has 0 unspecified atom stereocenters. The largest absolute Gasteiger partial charge is 0.400 e. The van der Waals surface area contributed by atoms with Crippen LogP contribution in [-0.4, -0.2) is 46.0 Å². The van der Waals surface area contributed by atoms with E-state index in [0.717, 1.165) is 0 Å². The van der Waals surface area contributed by atoms with Gasteiger partial charge >= 0.3 is 6.01 Å². The molecule has 16 heteroatoms. The van der Waals surface area contributed by atoms with E-state index in [2.05, 4.69) is 25.4 Å². The van der Waals surface area contributed by atoms with Crippen LogP contribution < -0.4 is 11.5 Å². The maximum absolute atomic E-state index is 8.36. The molecule has 20 heavy (non-hydrogen) atoms. The molecule has 110 valence electrons. The Labute approximate surface area is 107 Å². The number of nitrogens with two attached hydrogens (primary N) is 2. The molecule has 2 aromatic heterocycles. The van der Waals surface area contributed by atoms with Crippen LogP contribution in [0.4, 0.5) is 12.0 Å². The second kappa shape index (κ2) is 7.58. The van der Waals surface area contributed by atoms with Gasteiger partial charge in [-0.3, -0.25) is 0 Å². The van der Waals surface area contributed by atoms with Crippen molar-refractivity contribution in [3.05, 3.63) is 20.2 Å². The lowest BCUT2D eigenvalue weighted by atomic mass is 10.6. The van der Waals surface area contributed by atoms with Crippen LogP contribution in [0.2, 0.25) is 0 Å². The van der Waals surface area contributed by atoms with Gasteiger partial charge in [0, 0.05) is 0 Å². The van der Waals surface area contributed by atoms with Crippen molar-refractivity contribution in [2.24, 2.45) is 0 Å². The van der Waals surface area contributed by atoms with E-state index in [1.54, 1.807) is 0 Å². The van der Waals surface area contributed by atoms with Crippen LogP contribution in [0.5, 0.6) is 0 Å². The third-order valence-electron chi connectivity index (χ3n) is 1.13. The van der Waals surface area contributed by atoms with Crippen LogP contribution in [0.15, 0.2) is 4.42 Å². The molecular formula is C4H7N9O7. The van der Waals surface area contributed by atoms with Crippen molar-refractivity contribution in [1.82, 2.24) is 25.4 Å². The Bertz CT molecular complexity index is 504. The molecule has 0 saturated carbocycles. The average Bonchev–Trinajstić information content (AvgIpc) is 2.85. The van der Waals surface area contributed by atoms with Crippen molar-refractivity contribution in [2.45, 2.75) is 0 Å². The van der Waals surface area contributed by atoms with Crippen LogP contribution in [0.1, 0.15) is 0 Å². The SMILES string of the molecule is Nc1nc(-c2nnc(N)o2)n[nH]1.O=[N+]([O-])O.O=[N+]([O-])O. The molecule has 0 amide bonds. The first kappa shape index (κ1) is 16.3. The number of aromatic nitrogens is 5. The molecule has 0 fully saturated rings. The van der Waals surface area contributed by atoms with Crippen LogP contribution >= 0.6 is 0 Å². The van der Waals surface area contributed by atoms with Gasteiger partial charge in [0.1, 0.15) is 0 Å². The smallest absolute Gasteiger partial charge is 0.313 e. The van der Waals surface area contributed by atoms with E-state index in [1.165, 1.54) is 0 Å². The van der Waals surface area contributed by atoms with E-state index in [9.17, 15) is 0 Å². The lowest BCUT2D eigenvalue weighted by Gasteiger charge is -1.80. The Morgan fingerprint density at radius 3 is 1.95 bits per heavy atom. The molecule has 0 spiro atoms. The minimum absolute atomic E-state index is 0.0339. The third kappa shape index (κ3) is 7.54. The molecule has 7 N–H and O–H groups in total. The highest BCUT2D eigenvalue weighted by molar-refractivity contribution is 5.42. The summed E-state index contributed by atoms with van der Waals surface area (Å²) in [7, 11) is 0. The summed E-state index contributed by atoms with van der Waals surface area (Å²) in [5.74, 6) is 0.555. The quantitative estimate of drug-likeness (QED) is 0.291. The van der Waals surface area contributed by atoms with E-state index < -0.39 is 10.2 Å². The van der Waals surface area contributed by atoms with Crippen molar-refractivity contribution < 1.29 is 25.0 Å². The van der Waals surface area contributed by atoms with Crippen molar-refractivity contribution >= 4 is 12.0 Å². The summed E-state index contributed by atoms with van der Waals surface area (Å²) >= 11 is 0. The minimum Gasteiger partial charge on any atom is -0.400 e. The summed E-state index contributed by atoms with van der Waals surface area (Å²) in [4.78, 5) is 20.5. The lowest BCUT2D eigenvalue weighted by Crippen LogP contribution is -1.85. The van der Waals surface area contributed by atoms with Gasteiger partial charge in [-0.2, -0.15) is 4.98 Å². The van der Waals surface area contributed by atoms with Gasteiger partial charge in [-0.15, -0.1) is 30.4 Å². The van der Waals surface area contributed by atoms with Crippen LogP contribution in [-0.2, 0) is 0 Å². The van der Waals surface area contributed by atoms with E-state index >= 15 is 0 Å². The molecule has 0 atom stereocenters. The maximum Gasteiger partial charge on any atom is 0.313 e. The molecule has 0 aliphatic rings. The number of nitrogen functional groups attached to an aromatic ring is 2. The molecule has 0 aromatic carbocycles. The molecule has 0 aliphatic carbocycles. The molecule has 2 aromatic rings. The fourth-order valence-electron chi connectivity index (χ4n) is 0.695. The van der Waals surface area contributed by atoms with Gasteiger partial charge in [-0.05, 0) is 0 Å². The zero-order valence-corrected chi connectivity index (χ0v) is 9.27. The van der Waals surface area contributed by atoms with Gasteiger partial charge in [0.25, 0.3) is 16.1 Å². The first-order chi connectivity index (χ1) is 9.22. The predicted octanol–water partition coefficient (Wildman–Crippen LogP) is -1.68. The standard InChI is InChI=1S/C4H5N7O.2HNO3/c5-3-7-1(8-10-3)2-9-11-4(6)12-2;2*2-1(3)4/h(H2,6,11)(H3,5,7,8,10);2*(H,2,3,4). The van der Waals surface area contributed by atoms with Gasteiger partial charge in [0.15, 0.2) is 0 Å². The number of hydrogen-bond donors (Lipinski definition) is 5.